The van der Waals surface area contributed by atoms with Gasteiger partial charge in [-0.15, -0.1) is 0 Å². The molecular weight excluding hydrogens is 460 g/mol. The molecule has 1 aliphatic carbocycles. The normalized spacial score (nSPS) is 19.6. The number of ketones is 1. The van der Waals surface area contributed by atoms with Gasteiger partial charge in [-0.1, -0.05) is 50.2 Å². The second-order valence-electron chi connectivity index (χ2n) is 9.99. The third kappa shape index (κ3) is 5.51. The van der Waals surface area contributed by atoms with E-state index in [-0.39, 0.29) is 23.8 Å². The molecule has 0 saturated carbocycles. The molecule has 0 aromatic heterocycles. The molecule has 2 aliphatic rings. The number of carbonyl (C=O) groups excluding carboxylic acids is 1. The molecule has 0 bridgehead atoms. The third-order valence-electron chi connectivity index (χ3n) is 7.26. The van der Waals surface area contributed by atoms with Crippen LogP contribution in [-0.2, 0) is 4.79 Å². The van der Waals surface area contributed by atoms with Crippen LogP contribution in [-0.4, -0.2) is 18.5 Å². The van der Waals surface area contributed by atoms with Gasteiger partial charge >= 0.3 is 0 Å². The molecule has 0 fully saturated rings. The van der Waals surface area contributed by atoms with Gasteiger partial charge in [-0.3, -0.25) is 4.79 Å². The first kappa shape index (κ1) is 24.9. The number of rotatable bonds is 8. The standard InChI is InChI=1S/C32H36N2O3/c1-4-18-36-25-14-10-22(11-15-25)24-19-29-31(30(35)20-24)32(34-28-9-7-6-8-27(28)33-29)23-12-16-26(17-13-23)37-21(3)5-2/h6-17,21,24,32-34H,4-5,18-20H2,1-3H3. The fourth-order valence-electron chi connectivity index (χ4n) is 5.09. The van der Waals surface area contributed by atoms with Crippen molar-refractivity contribution in [1.82, 2.24) is 0 Å². The van der Waals surface area contributed by atoms with E-state index in [1.54, 1.807) is 0 Å². The van der Waals surface area contributed by atoms with E-state index in [1.165, 1.54) is 5.56 Å². The minimum atomic E-state index is -0.234. The number of anilines is 2. The zero-order chi connectivity index (χ0) is 25.8. The molecule has 5 nitrogen and oxygen atoms in total. The smallest absolute Gasteiger partial charge is 0.163 e. The van der Waals surface area contributed by atoms with Crippen LogP contribution in [0.2, 0.25) is 0 Å². The van der Waals surface area contributed by atoms with Gasteiger partial charge in [-0.25, -0.2) is 0 Å². The molecule has 37 heavy (non-hydrogen) atoms. The Bertz CT molecular complexity index is 1260. The highest BCUT2D eigenvalue weighted by molar-refractivity contribution is 6.01. The highest BCUT2D eigenvalue weighted by Gasteiger charge is 2.36. The topological polar surface area (TPSA) is 59.6 Å². The van der Waals surface area contributed by atoms with Crippen LogP contribution < -0.4 is 20.1 Å². The number of carbonyl (C=O) groups is 1. The van der Waals surface area contributed by atoms with E-state index in [0.29, 0.717) is 13.0 Å². The second-order valence-corrected chi connectivity index (χ2v) is 9.99. The number of Topliss-reactive ketones (excluding diaryl/α,β-unsaturated/α-hetero) is 1. The summed E-state index contributed by atoms with van der Waals surface area (Å²) in [6, 6.07) is 24.3. The Morgan fingerprint density at radius 2 is 1.54 bits per heavy atom. The first-order valence-electron chi connectivity index (χ1n) is 13.4. The van der Waals surface area contributed by atoms with E-state index < -0.39 is 0 Å². The number of fused-ring (bicyclic) bond motifs is 1. The molecule has 0 spiro atoms. The van der Waals surface area contributed by atoms with Crippen molar-refractivity contribution in [2.75, 3.05) is 17.2 Å². The molecule has 3 aromatic carbocycles. The van der Waals surface area contributed by atoms with E-state index in [4.69, 9.17) is 9.47 Å². The zero-order valence-electron chi connectivity index (χ0n) is 21.9. The van der Waals surface area contributed by atoms with E-state index in [0.717, 1.165) is 59.0 Å². The first-order chi connectivity index (χ1) is 18.1. The summed E-state index contributed by atoms with van der Waals surface area (Å²) < 4.78 is 11.7. The van der Waals surface area contributed by atoms with Crippen molar-refractivity contribution in [2.24, 2.45) is 0 Å². The molecule has 3 atom stereocenters. The molecular formula is C32H36N2O3. The average molecular weight is 497 g/mol. The maximum Gasteiger partial charge on any atom is 0.163 e. The second kappa shape index (κ2) is 11.1. The van der Waals surface area contributed by atoms with E-state index in [9.17, 15) is 4.79 Å². The minimum Gasteiger partial charge on any atom is -0.494 e. The maximum atomic E-state index is 13.8. The van der Waals surface area contributed by atoms with Gasteiger partial charge in [0.05, 0.1) is 30.1 Å². The van der Waals surface area contributed by atoms with Gasteiger partial charge in [-0.2, -0.15) is 0 Å². The molecule has 1 aliphatic heterocycles. The Balaban J connectivity index is 1.46. The van der Waals surface area contributed by atoms with Crippen molar-refractivity contribution in [3.63, 3.8) is 0 Å². The predicted octanol–water partition coefficient (Wildman–Crippen LogP) is 7.63. The van der Waals surface area contributed by atoms with E-state index in [2.05, 4.69) is 67.8 Å². The van der Waals surface area contributed by atoms with Crippen molar-refractivity contribution in [3.05, 3.63) is 95.2 Å². The summed E-state index contributed by atoms with van der Waals surface area (Å²) in [6.45, 7) is 7.00. The lowest BCUT2D eigenvalue weighted by atomic mass is 9.78. The van der Waals surface area contributed by atoms with Gasteiger partial charge in [0.2, 0.25) is 0 Å². The maximum absolute atomic E-state index is 13.8. The van der Waals surface area contributed by atoms with Gasteiger partial charge in [0.1, 0.15) is 11.5 Å². The monoisotopic (exact) mass is 496 g/mol. The number of hydrogen-bond donors (Lipinski definition) is 2. The molecule has 5 rings (SSSR count). The zero-order valence-corrected chi connectivity index (χ0v) is 21.9. The Morgan fingerprint density at radius 1 is 0.865 bits per heavy atom. The lowest BCUT2D eigenvalue weighted by molar-refractivity contribution is -0.116. The molecule has 3 aromatic rings. The van der Waals surface area contributed by atoms with E-state index >= 15 is 0 Å². The van der Waals surface area contributed by atoms with Gasteiger partial charge in [0.25, 0.3) is 0 Å². The Labute approximate surface area is 219 Å². The van der Waals surface area contributed by atoms with Crippen molar-refractivity contribution in [2.45, 2.75) is 64.5 Å². The molecule has 0 saturated heterocycles. The van der Waals surface area contributed by atoms with Crippen LogP contribution in [0.5, 0.6) is 11.5 Å². The number of nitrogens with one attached hydrogen (secondary N) is 2. The third-order valence-corrected chi connectivity index (χ3v) is 7.26. The molecule has 3 unspecified atom stereocenters. The van der Waals surface area contributed by atoms with Gasteiger partial charge in [0, 0.05) is 17.7 Å². The number of allylic oxidation sites excluding steroid dienone is 1. The SMILES string of the molecule is CCCOc1ccc(C2CC(=O)C3=C(C2)Nc2ccccc2NC3c2ccc(OC(C)CC)cc2)cc1. The van der Waals surface area contributed by atoms with Crippen molar-refractivity contribution >= 4 is 17.2 Å². The van der Waals surface area contributed by atoms with Crippen LogP contribution in [0, 0.1) is 0 Å². The number of para-hydroxylation sites is 2. The summed E-state index contributed by atoms with van der Waals surface area (Å²) in [5.41, 5.74) is 6.02. The Kier molecular flexibility index (Phi) is 7.50. The quantitative estimate of drug-likeness (QED) is 0.336. The highest BCUT2D eigenvalue weighted by atomic mass is 16.5. The summed E-state index contributed by atoms with van der Waals surface area (Å²) in [4.78, 5) is 13.8. The summed E-state index contributed by atoms with van der Waals surface area (Å²) in [5.74, 6) is 2.02. The van der Waals surface area contributed by atoms with Crippen LogP contribution in [0.1, 0.15) is 69.5 Å². The van der Waals surface area contributed by atoms with Gasteiger partial charge in [-0.05, 0) is 79.6 Å². The largest absolute Gasteiger partial charge is 0.494 e. The summed E-state index contributed by atoms with van der Waals surface area (Å²) >= 11 is 0. The average Bonchev–Trinajstić information content (AvgIpc) is 3.09. The Morgan fingerprint density at radius 3 is 2.24 bits per heavy atom. The highest BCUT2D eigenvalue weighted by Crippen LogP contribution is 2.44. The fourth-order valence-corrected chi connectivity index (χ4v) is 5.09. The summed E-state index contributed by atoms with van der Waals surface area (Å²) in [7, 11) is 0. The van der Waals surface area contributed by atoms with Crippen LogP contribution >= 0.6 is 0 Å². The number of benzene rings is 3. The molecule has 2 N–H and O–H groups in total. The van der Waals surface area contributed by atoms with Gasteiger partial charge < -0.3 is 20.1 Å². The predicted molar refractivity (Wildman–Crippen MR) is 149 cm³/mol. The number of hydrogen-bond acceptors (Lipinski definition) is 5. The molecule has 5 heteroatoms. The summed E-state index contributed by atoms with van der Waals surface area (Å²) in [5, 5.41) is 7.28. The van der Waals surface area contributed by atoms with Crippen molar-refractivity contribution in [3.8, 4) is 11.5 Å². The van der Waals surface area contributed by atoms with Crippen molar-refractivity contribution < 1.29 is 14.3 Å². The van der Waals surface area contributed by atoms with Crippen LogP contribution in [0.15, 0.2) is 84.1 Å². The van der Waals surface area contributed by atoms with Crippen molar-refractivity contribution in [1.29, 1.82) is 0 Å². The first-order valence-corrected chi connectivity index (χ1v) is 13.4. The molecule has 0 amide bonds. The molecule has 0 radical (unpaired) electrons. The van der Waals surface area contributed by atoms with Crippen LogP contribution in [0.25, 0.3) is 0 Å². The van der Waals surface area contributed by atoms with Crippen LogP contribution in [0.3, 0.4) is 0 Å². The van der Waals surface area contributed by atoms with E-state index in [1.807, 2.05) is 36.4 Å². The van der Waals surface area contributed by atoms with Gasteiger partial charge in [0.15, 0.2) is 5.78 Å². The molecule has 1 heterocycles. The summed E-state index contributed by atoms with van der Waals surface area (Å²) in [6.07, 6.45) is 3.36. The van der Waals surface area contributed by atoms with Crippen LogP contribution in [0.4, 0.5) is 11.4 Å². The lowest BCUT2D eigenvalue weighted by Crippen LogP contribution is -2.26. The fraction of sp³-hybridized carbons (Fsp3) is 0.344. The minimum absolute atomic E-state index is 0.121. The number of ether oxygens (including phenoxy) is 2. The lowest BCUT2D eigenvalue weighted by Gasteiger charge is -2.30. The molecule has 192 valence electrons. The Hall–Kier alpha value is -3.73.